The molecule has 8 rings (SSSR count). The number of oxazole rings is 1. The number of imidazole rings is 1. The van der Waals surface area contributed by atoms with E-state index in [9.17, 15) is 0 Å². The first-order valence-electron chi connectivity index (χ1n) is 18.8. The zero-order chi connectivity index (χ0) is 42.0. The topological polar surface area (TPSA) is 189 Å². The van der Waals surface area contributed by atoms with E-state index in [4.69, 9.17) is 4.42 Å². The summed E-state index contributed by atoms with van der Waals surface area (Å²) in [5, 5.41) is 34.2. The second-order valence-corrected chi connectivity index (χ2v) is 15.8. The smallest absolute Gasteiger partial charge is 0.247 e. The summed E-state index contributed by atoms with van der Waals surface area (Å²) in [5.41, 5.74) is 18.2. The summed E-state index contributed by atoms with van der Waals surface area (Å²) >= 11 is 1.70. The van der Waals surface area contributed by atoms with Gasteiger partial charge in [-0.15, -0.1) is 11.3 Å². The van der Waals surface area contributed by atoms with Crippen LogP contribution in [0.2, 0.25) is 0 Å². The van der Waals surface area contributed by atoms with Crippen LogP contribution in [0.25, 0.3) is 39.6 Å². The molecule has 0 radical (unpaired) electrons. The fourth-order valence-electron chi connectivity index (χ4n) is 5.52. The first-order chi connectivity index (χ1) is 26.8. The molecule has 0 aromatic carbocycles. The molecule has 0 unspecified atom stereocenters. The number of aryl methyl sites for hydroxylation is 11. The Balaban J connectivity index is 0.000000145. The third-order valence-electron chi connectivity index (χ3n) is 10.6. The molecule has 0 spiro atoms. The van der Waals surface area contributed by atoms with Crippen LogP contribution in [-0.4, -0.2) is 70.1 Å². The van der Waals surface area contributed by atoms with Gasteiger partial charge in [0.15, 0.2) is 17.3 Å². The molecule has 0 atom stereocenters. The van der Waals surface area contributed by atoms with Gasteiger partial charge in [-0.2, -0.15) is 25.5 Å². The Morgan fingerprint density at radius 3 is 1.46 bits per heavy atom. The SMILES string of the molecule is Cc1cn(-c2n[nH]c(C)c2C)nc1C.Cc1nc(-c2n[nH]c(C)c2C)n(C)c1C.Cc1nc(-c2n[nH]c(C)c2C)oc1C.Cc1nc(-c2n[nH]c(C)c2C)sc1C. The standard InChI is InChI=1S/C11H16N4.C10H14N4.C10H13N3O.C10H13N3S/c1-6-7(2)13-14-10(6)11-12-8(3)9(4)15(11)5;1-6-5-14(13-8(6)3)10-7(2)9(4)11-12-10;2*1-5-6(2)12-13-9(5)10-11-7(3)8(4)14-10/h1-5H3,(H,13,14);5H,1-4H3,(H,11,12);2*1-4H3,(H,12,13). The lowest BCUT2D eigenvalue weighted by molar-refractivity contribution is 0.538. The van der Waals surface area contributed by atoms with Crippen molar-refractivity contribution in [2.75, 3.05) is 0 Å². The maximum Gasteiger partial charge on any atom is 0.247 e. The highest BCUT2D eigenvalue weighted by molar-refractivity contribution is 7.15. The average Bonchev–Trinajstić information content (AvgIpc) is 4.07. The lowest BCUT2D eigenvalue weighted by atomic mass is 10.2. The maximum atomic E-state index is 5.50. The van der Waals surface area contributed by atoms with E-state index in [1.807, 2.05) is 101 Å². The number of aromatic amines is 4. The van der Waals surface area contributed by atoms with Gasteiger partial charge >= 0.3 is 0 Å². The van der Waals surface area contributed by atoms with Crippen LogP contribution in [0, 0.1) is 111 Å². The van der Waals surface area contributed by atoms with Crippen molar-refractivity contribution >= 4 is 11.3 Å². The van der Waals surface area contributed by atoms with E-state index in [0.29, 0.717) is 5.89 Å². The highest BCUT2D eigenvalue weighted by atomic mass is 32.1. The molecular formula is C41H56N14OS. The molecular weight excluding hydrogens is 737 g/mol. The summed E-state index contributed by atoms with van der Waals surface area (Å²) in [5.74, 6) is 3.27. The molecule has 57 heavy (non-hydrogen) atoms. The van der Waals surface area contributed by atoms with Gasteiger partial charge in [-0.3, -0.25) is 20.4 Å². The van der Waals surface area contributed by atoms with Crippen LogP contribution < -0.4 is 0 Å². The summed E-state index contributed by atoms with van der Waals surface area (Å²) < 4.78 is 9.41. The van der Waals surface area contributed by atoms with Gasteiger partial charge in [0, 0.05) is 68.8 Å². The molecule has 0 amide bonds. The molecule has 0 fully saturated rings. The molecule has 8 aromatic heterocycles. The van der Waals surface area contributed by atoms with Gasteiger partial charge < -0.3 is 8.98 Å². The molecule has 0 bridgehead atoms. The summed E-state index contributed by atoms with van der Waals surface area (Å²) in [6.07, 6.45) is 2.00. The van der Waals surface area contributed by atoms with Crippen LogP contribution in [0.1, 0.15) is 89.7 Å². The molecule has 0 saturated heterocycles. The summed E-state index contributed by atoms with van der Waals surface area (Å²) in [6.45, 7) is 32.3. The number of H-pyrrole nitrogens is 4. The van der Waals surface area contributed by atoms with Gasteiger partial charge in [-0.05, 0) is 116 Å². The molecule has 302 valence electrons. The fourth-order valence-corrected chi connectivity index (χ4v) is 6.48. The van der Waals surface area contributed by atoms with Crippen LogP contribution >= 0.6 is 11.3 Å². The monoisotopic (exact) mass is 792 g/mol. The van der Waals surface area contributed by atoms with E-state index in [0.717, 1.165) is 96.2 Å². The Bertz CT molecular complexity index is 2360. The van der Waals surface area contributed by atoms with Crippen LogP contribution in [0.3, 0.4) is 0 Å². The predicted octanol–water partition coefficient (Wildman–Crippen LogP) is 8.94. The Morgan fingerprint density at radius 1 is 0.544 bits per heavy atom. The van der Waals surface area contributed by atoms with Gasteiger partial charge in [0.2, 0.25) is 5.89 Å². The zero-order valence-corrected chi connectivity index (χ0v) is 37.2. The van der Waals surface area contributed by atoms with Crippen molar-refractivity contribution in [1.29, 1.82) is 0 Å². The molecule has 0 saturated carbocycles. The number of rotatable bonds is 4. The molecule has 0 aliphatic heterocycles. The van der Waals surface area contributed by atoms with E-state index in [1.165, 1.54) is 27.3 Å². The van der Waals surface area contributed by atoms with Crippen LogP contribution in [0.5, 0.6) is 0 Å². The van der Waals surface area contributed by atoms with E-state index in [1.54, 1.807) is 11.3 Å². The number of hydrogen-bond donors (Lipinski definition) is 4. The van der Waals surface area contributed by atoms with Crippen molar-refractivity contribution in [2.45, 2.75) is 111 Å². The van der Waals surface area contributed by atoms with Crippen LogP contribution in [0.4, 0.5) is 0 Å². The van der Waals surface area contributed by atoms with Gasteiger partial charge in [0.05, 0.1) is 22.8 Å². The van der Waals surface area contributed by atoms with Gasteiger partial charge in [-0.1, -0.05) is 0 Å². The van der Waals surface area contributed by atoms with Gasteiger partial charge in [0.1, 0.15) is 22.2 Å². The van der Waals surface area contributed by atoms with Crippen molar-refractivity contribution in [1.82, 2.24) is 70.1 Å². The van der Waals surface area contributed by atoms with Crippen molar-refractivity contribution in [3.63, 3.8) is 0 Å². The largest absolute Gasteiger partial charge is 0.440 e. The first-order valence-corrected chi connectivity index (χ1v) is 19.6. The predicted molar refractivity (Wildman–Crippen MR) is 226 cm³/mol. The second-order valence-electron chi connectivity index (χ2n) is 14.6. The Hall–Kier alpha value is -5.90. The lowest BCUT2D eigenvalue weighted by Crippen LogP contribution is -1.97. The van der Waals surface area contributed by atoms with Gasteiger partial charge in [-0.25, -0.2) is 19.6 Å². The van der Waals surface area contributed by atoms with Crippen LogP contribution in [0.15, 0.2) is 10.6 Å². The maximum absolute atomic E-state index is 5.50. The van der Waals surface area contributed by atoms with Crippen LogP contribution in [-0.2, 0) is 7.05 Å². The quantitative estimate of drug-likeness (QED) is 0.135. The summed E-state index contributed by atoms with van der Waals surface area (Å²) in [6, 6.07) is 0. The molecule has 0 aliphatic rings. The molecule has 4 N–H and O–H groups in total. The number of nitrogens with one attached hydrogen (secondary N) is 4. The van der Waals surface area contributed by atoms with Crippen molar-refractivity contribution in [3.8, 4) is 39.6 Å². The lowest BCUT2D eigenvalue weighted by Gasteiger charge is -2.00. The van der Waals surface area contributed by atoms with E-state index in [2.05, 4.69) is 93.1 Å². The minimum absolute atomic E-state index is 0.599. The average molecular weight is 793 g/mol. The zero-order valence-electron chi connectivity index (χ0n) is 36.4. The Kier molecular flexibility index (Phi) is 12.7. The summed E-state index contributed by atoms with van der Waals surface area (Å²) in [4.78, 5) is 14.6. The minimum Gasteiger partial charge on any atom is -0.440 e. The van der Waals surface area contributed by atoms with Crippen molar-refractivity contribution < 1.29 is 4.42 Å². The molecule has 16 heteroatoms. The third-order valence-corrected chi connectivity index (χ3v) is 11.7. The van der Waals surface area contributed by atoms with E-state index in [-0.39, 0.29) is 0 Å². The number of nitrogens with zero attached hydrogens (tertiary/aromatic N) is 10. The third kappa shape index (κ3) is 8.90. The molecule has 15 nitrogen and oxygen atoms in total. The van der Waals surface area contributed by atoms with Gasteiger partial charge in [0.25, 0.3) is 0 Å². The van der Waals surface area contributed by atoms with Crippen molar-refractivity contribution in [2.24, 2.45) is 7.05 Å². The molecule has 8 heterocycles. The van der Waals surface area contributed by atoms with E-state index >= 15 is 0 Å². The summed E-state index contributed by atoms with van der Waals surface area (Å²) in [7, 11) is 2.02. The minimum atomic E-state index is 0.599. The van der Waals surface area contributed by atoms with E-state index < -0.39 is 0 Å². The van der Waals surface area contributed by atoms with Crippen molar-refractivity contribution in [3.05, 3.63) is 95.9 Å². The second kappa shape index (κ2) is 17.1. The molecule has 8 aromatic rings. The molecule has 0 aliphatic carbocycles. The number of aromatic nitrogens is 14. The Morgan fingerprint density at radius 2 is 1.07 bits per heavy atom. The number of hydrogen-bond acceptors (Lipinski definition) is 10. The first kappa shape index (κ1) is 42.2. The fraction of sp³-hybridized carbons (Fsp3) is 0.415. The normalized spacial score (nSPS) is 10.9. The highest BCUT2D eigenvalue weighted by Gasteiger charge is 2.17. The number of thiazole rings is 1. The highest BCUT2D eigenvalue weighted by Crippen LogP contribution is 2.29. The Labute approximate surface area is 338 Å².